The normalized spacial score (nSPS) is 13.2. The molecule has 0 aromatic rings. The second-order valence-electron chi connectivity index (χ2n) is 19.0. The molecule has 0 bridgehead atoms. The highest BCUT2D eigenvalue weighted by Crippen LogP contribution is 2.17. The summed E-state index contributed by atoms with van der Waals surface area (Å²) in [5.74, 6) is -0.0727. The minimum atomic E-state index is -0.858. The van der Waals surface area contributed by atoms with Crippen molar-refractivity contribution in [2.75, 3.05) is 6.61 Å². The molecule has 62 heavy (non-hydrogen) atoms. The van der Waals surface area contributed by atoms with Crippen molar-refractivity contribution in [2.24, 2.45) is 0 Å². The topological polar surface area (TPSA) is 69.6 Å². The SMILES string of the molecule is CCCCC/C=C/CC/C=C/C(O)C(CO)NC(=O)CCCCCCCCCCCCCCCCCCCCCCCCCCCCCCC/C=C\C/C=C\CCCCCCC. The maximum atomic E-state index is 12.4. The Balaban J connectivity index is 3.33. The van der Waals surface area contributed by atoms with E-state index in [1.54, 1.807) is 6.08 Å². The summed E-state index contributed by atoms with van der Waals surface area (Å²) in [6.45, 7) is 4.25. The van der Waals surface area contributed by atoms with Crippen molar-refractivity contribution in [3.63, 3.8) is 0 Å². The van der Waals surface area contributed by atoms with Gasteiger partial charge in [-0.05, 0) is 64.2 Å². The van der Waals surface area contributed by atoms with Crippen LogP contribution in [0.5, 0.6) is 0 Å². The van der Waals surface area contributed by atoms with Gasteiger partial charge in [-0.1, -0.05) is 274 Å². The van der Waals surface area contributed by atoms with Crippen LogP contribution in [0.1, 0.15) is 296 Å². The number of aliphatic hydroxyl groups excluding tert-OH is 2. The average Bonchev–Trinajstić information content (AvgIpc) is 3.28. The first kappa shape index (κ1) is 60.4. The zero-order valence-corrected chi connectivity index (χ0v) is 41.9. The van der Waals surface area contributed by atoms with E-state index < -0.39 is 12.1 Å². The molecule has 0 heterocycles. The van der Waals surface area contributed by atoms with Gasteiger partial charge in [0.2, 0.25) is 5.91 Å². The van der Waals surface area contributed by atoms with E-state index in [1.165, 1.54) is 238 Å². The van der Waals surface area contributed by atoms with E-state index >= 15 is 0 Å². The predicted octanol–water partition coefficient (Wildman–Crippen LogP) is 18.3. The van der Waals surface area contributed by atoms with E-state index in [0.29, 0.717) is 6.42 Å². The number of hydrogen-bond donors (Lipinski definition) is 3. The Morgan fingerprint density at radius 2 is 0.677 bits per heavy atom. The molecule has 2 unspecified atom stereocenters. The van der Waals surface area contributed by atoms with Gasteiger partial charge in [0.05, 0.1) is 18.8 Å². The molecule has 4 heteroatoms. The van der Waals surface area contributed by atoms with Gasteiger partial charge in [-0.2, -0.15) is 0 Å². The molecule has 0 aromatic heterocycles. The van der Waals surface area contributed by atoms with Crippen LogP contribution < -0.4 is 5.32 Å². The van der Waals surface area contributed by atoms with E-state index in [0.717, 1.165) is 38.5 Å². The number of allylic oxidation sites excluding steroid dienone is 7. The summed E-state index contributed by atoms with van der Waals surface area (Å²) in [6.07, 6.45) is 74.5. The van der Waals surface area contributed by atoms with Crippen LogP contribution in [0.4, 0.5) is 0 Å². The molecule has 0 aromatic carbocycles. The summed E-state index contributed by atoms with van der Waals surface area (Å²) in [7, 11) is 0. The fourth-order valence-corrected chi connectivity index (χ4v) is 8.52. The van der Waals surface area contributed by atoms with Gasteiger partial charge in [0.15, 0.2) is 0 Å². The average molecular weight is 869 g/mol. The molecule has 2 atom stereocenters. The first-order valence-corrected chi connectivity index (χ1v) is 27.9. The molecular weight excluding hydrogens is 759 g/mol. The van der Waals surface area contributed by atoms with E-state index in [-0.39, 0.29) is 12.5 Å². The molecule has 0 aliphatic rings. The fraction of sp³-hybridized carbons (Fsp3) is 0.845. The summed E-state index contributed by atoms with van der Waals surface area (Å²) in [5.41, 5.74) is 0. The van der Waals surface area contributed by atoms with Crippen LogP contribution in [0, 0.1) is 0 Å². The smallest absolute Gasteiger partial charge is 0.220 e. The highest BCUT2D eigenvalue weighted by molar-refractivity contribution is 5.76. The van der Waals surface area contributed by atoms with Crippen LogP contribution in [-0.2, 0) is 4.79 Å². The lowest BCUT2D eigenvalue weighted by atomic mass is 10.0. The zero-order chi connectivity index (χ0) is 44.9. The van der Waals surface area contributed by atoms with Gasteiger partial charge in [0, 0.05) is 6.42 Å². The third kappa shape index (κ3) is 49.4. The van der Waals surface area contributed by atoms with Gasteiger partial charge >= 0.3 is 0 Å². The molecule has 0 fully saturated rings. The monoisotopic (exact) mass is 868 g/mol. The molecule has 4 nitrogen and oxygen atoms in total. The van der Waals surface area contributed by atoms with Crippen LogP contribution in [0.15, 0.2) is 48.6 Å². The Kier molecular flexibility index (Phi) is 52.3. The van der Waals surface area contributed by atoms with Gasteiger partial charge in [-0.3, -0.25) is 4.79 Å². The predicted molar refractivity (Wildman–Crippen MR) is 276 cm³/mol. The van der Waals surface area contributed by atoms with Crippen LogP contribution >= 0.6 is 0 Å². The number of hydrogen-bond acceptors (Lipinski definition) is 3. The van der Waals surface area contributed by atoms with E-state index in [9.17, 15) is 15.0 Å². The van der Waals surface area contributed by atoms with Crippen molar-refractivity contribution in [1.82, 2.24) is 5.32 Å². The van der Waals surface area contributed by atoms with Gasteiger partial charge < -0.3 is 15.5 Å². The number of amides is 1. The molecule has 364 valence electrons. The van der Waals surface area contributed by atoms with Crippen molar-refractivity contribution in [2.45, 2.75) is 309 Å². The lowest BCUT2D eigenvalue weighted by molar-refractivity contribution is -0.123. The van der Waals surface area contributed by atoms with Crippen LogP contribution in [0.2, 0.25) is 0 Å². The van der Waals surface area contributed by atoms with E-state index in [1.807, 2.05) is 6.08 Å². The van der Waals surface area contributed by atoms with Crippen molar-refractivity contribution in [3.05, 3.63) is 48.6 Å². The first-order chi connectivity index (χ1) is 30.7. The minimum absolute atomic E-state index is 0.0727. The molecule has 0 spiro atoms. The molecule has 3 N–H and O–H groups in total. The Hall–Kier alpha value is -1.65. The molecule has 0 saturated heterocycles. The van der Waals surface area contributed by atoms with Crippen molar-refractivity contribution in [3.8, 4) is 0 Å². The van der Waals surface area contributed by atoms with Gasteiger partial charge in [0.1, 0.15) is 0 Å². The van der Waals surface area contributed by atoms with Crippen LogP contribution in [0.3, 0.4) is 0 Å². The summed E-state index contributed by atoms with van der Waals surface area (Å²) >= 11 is 0. The molecule has 0 radical (unpaired) electrons. The zero-order valence-electron chi connectivity index (χ0n) is 41.9. The first-order valence-electron chi connectivity index (χ1n) is 27.9. The number of carbonyl (C=O) groups excluding carboxylic acids is 1. The molecular formula is C58H109NO3. The lowest BCUT2D eigenvalue weighted by Gasteiger charge is -2.19. The van der Waals surface area contributed by atoms with Crippen LogP contribution in [0.25, 0.3) is 0 Å². The standard InChI is InChI=1S/C58H109NO3/c1-3-5-7-9-11-13-14-15-16-17-18-19-20-21-22-23-24-25-26-27-28-29-30-31-32-33-34-35-36-37-38-39-40-41-42-43-44-46-48-50-52-54-58(62)59-56(55-60)57(61)53-51-49-47-45-12-10-8-6-4-2/h12,14-15,17-18,45,51,53,56-57,60-61H,3-11,13,16,19-44,46-50,52,54-55H2,1-2H3,(H,59,62)/b15-14-,18-17-,45-12+,53-51+. The maximum Gasteiger partial charge on any atom is 0.220 e. The van der Waals surface area contributed by atoms with Crippen molar-refractivity contribution in [1.29, 1.82) is 0 Å². The third-order valence-corrected chi connectivity index (χ3v) is 12.8. The number of unbranched alkanes of at least 4 members (excludes halogenated alkanes) is 38. The third-order valence-electron chi connectivity index (χ3n) is 12.8. The summed E-state index contributed by atoms with van der Waals surface area (Å²) < 4.78 is 0. The number of aliphatic hydroxyl groups is 2. The Morgan fingerprint density at radius 3 is 1.06 bits per heavy atom. The molecule has 1 amide bonds. The minimum Gasteiger partial charge on any atom is -0.394 e. The lowest BCUT2D eigenvalue weighted by Crippen LogP contribution is -2.45. The summed E-state index contributed by atoms with van der Waals surface area (Å²) in [5, 5.41) is 22.9. The van der Waals surface area contributed by atoms with Crippen LogP contribution in [-0.4, -0.2) is 34.9 Å². The molecule has 0 rings (SSSR count). The second-order valence-corrected chi connectivity index (χ2v) is 19.0. The van der Waals surface area contributed by atoms with Gasteiger partial charge in [-0.25, -0.2) is 0 Å². The number of nitrogens with one attached hydrogen (secondary N) is 1. The highest BCUT2D eigenvalue weighted by atomic mass is 16.3. The number of carbonyl (C=O) groups is 1. The number of rotatable bonds is 51. The van der Waals surface area contributed by atoms with Gasteiger partial charge in [0.25, 0.3) is 0 Å². The molecule has 0 saturated carbocycles. The van der Waals surface area contributed by atoms with E-state index in [4.69, 9.17) is 0 Å². The fourth-order valence-electron chi connectivity index (χ4n) is 8.52. The Morgan fingerprint density at radius 1 is 0.387 bits per heavy atom. The maximum absolute atomic E-state index is 12.4. The van der Waals surface area contributed by atoms with Gasteiger partial charge in [-0.15, -0.1) is 0 Å². The Bertz CT molecular complexity index is 985. The largest absolute Gasteiger partial charge is 0.394 e. The van der Waals surface area contributed by atoms with E-state index in [2.05, 4.69) is 55.6 Å². The summed E-state index contributed by atoms with van der Waals surface area (Å²) in [4.78, 5) is 12.4. The molecule has 0 aliphatic carbocycles. The molecule has 0 aliphatic heterocycles. The second kappa shape index (κ2) is 53.7. The highest BCUT2D eigenvalue weighted by Gasteiger charge is 2.18. The van der Waals surface area contributed by atoms with Crippen molar-refractivity contribution >= 4 is 5.91 Å². The summed E-state index contributed by atoms with van der Waals surface area (Å²) in [6, 6.07) is -0.635. The Labute approximate surface area is 388 Å². The van der Waals surface area contributed by atoms with Crippen molar-refractivity contribution < 1.29 is 15.0 Å². The quantitative estimate of drug-likeness (QED) is 0.0421.